The Balaban J connectivity index is 0.00000133. The summed E-state index contributed by atoms with van der Waals surface area (Å²) < 4.78 is 7.62. The summed E-state index contributed by atoms with van der Waals surface area (Å²) >= 11 is 1.60. The minimum Gasteiger partial charge on any atom is -0.489 e. The number of amides is 2. The highest BCUT2D eigenvalue weighted by atomic mass is 32.1. The van der Waals surface area contributed by atoms with Crippen LogP contribution >= 0.6 is 11.3 Å². The molecule has 0 aliphatic carbocycles. The first kappa shape index (κ1) is 24.4. The predicted molar refractivity (Wildman–Crippen MR) is 137 cm³/mol. The van der Waals surface area contributed by atoms with E-state index in [0.717, 1.165) is 63.5 Å². The molecule has 2 amide bonds. The van der Waals surface area contributed by atoms with Crippen molar-refractivity contribution in [1.82, 2.24) is 15.2 Å². The number of hydrogen-bond donors (Lipinski definition) is 1. The Hall–Kier alpha value is -2.77. The minimum atomic E-state index is -0.0902. The number of hydrogen-bond acceptors (Lipinski definition) is 6. The van der Waals surface area contributed by atoms with Crippen molar-refractivity contribution < 1.29 is 14.3 Å². The summed E-state index contributed by atoms with van der Waals surface area (Å²) in [7, 11) is 0. The summed E-state index contributed by atoms with van der Waals surface area (Å²) in [5.41, 5.74) is 5.36. The molecule has 0 atom stereocenters. The number of ether oxygens (including phenoxy) is 1. The van der Waals surface area contributed by atoms with Crippen LogP contribution in [0.5, 0.6) is 5.75 Å². The van der Waals surface area contributed by atoms with Crippen LogP contribution in [0.15, 0.2) is 30.5 Å². The van der Waals surface area contributed by atoms with Gasteiger partial charge in [-0.05, 0) is 69.1 Å². The van der Waals surface area contributed by atoms with Crippen LogP contribution in [0.2, 0.25) is 0 Å². The van der Waals surface area contributed by atoms with E-state index >= 15 is 0 Å². The number of thiophene rings is 1. The third kappa shape index (κ3) is 5.00. The lowest BCUT2D eigenvalue weighted by Crippen LogP contribution is -2.34. The van der Waals surface area contributed by atoms with E-state index < -0.39 is 0 Å². The van der Waals surface area contributed by atoms with Crippen LogP contribution in [-0.2, 0) is 16.1 Å². The van der Waals surface area contributed by atoms with Gasteiger partial charge in [-0.2, -0.15) is 0 Å². The largest absolute Gasteiger partial charge is 0.489 e. The van der Waals surface area contributed by atoms with Crippen LogP contribution in [0.25, 0.3) is 21.3 Å². The van der Waals surface area contributed by atoms with Crippen molar-refractivity contribution in [2.75, 3.05) is 13.1 Å². The molecule has 2 fully saturated rings. The maximum Gasteiger partial charge on any atom is 0.230 e. The number of nitrogens with zero attached hydrogens (tertiary/aromatic N) is 2. The molecule has 7 heteroatoms. The Morgan fingerprint density at radius 2 is 1.76 bits per heavy atom. The molecule has 2 aliphatic heterocycles. The van der Waals surface area contributed by atoms with Gasteiger partial charge in [-0.15, -0.1) is 11.3 Å². The van der Waals surface area contributed by atoms with E-state index in [1.807, 2.05) is 32.2 Å². The topological polar surface area (TPSA) is 71.5 Å². The first-order valence-electron chi connectivity index (χ1n) is 12.2. The molecule has 1 N–H and O–H groups in total. The van der Waals surface area contributed by atoms with E-state index in [4.69, 9.17) is 4.74 Å². The fourth-order valence-electron chi connectivity index (χ4n) is 4.62. The summed E-state index contributed by atoms with van der Waals surface area (Å²) in [6, 6.07) is 8.39. The lowest BCUT2D eigenvalue weighted by molar-refractivity contribution is -0.138. The third-order valence-electron chi connectivity index (χ3n) is 6.21. The number of aryl methyl sites for hydroxylation is 2. The van der Waals surface area contributed by atoms with Gasteiger partial charge >= 0.3 is 0 Å². The highest BCUT2D eigenvalue weighted by molar-refractivity contribution is 7.19. The van der Waals surface area contributed by atoms with Crippen LogP contribution in [0.1, 0.15) is 55.5 Å². The molecule has 0 radical (unpaired) electrons. The Morgan fingerprint density at radius 1 is 1.06 bits per heavy atom. The molecule has 4 heterocycles. The van der Waals surface area contributed by atoms with Crippen LogP contribution < -0.4 is 10.1 Å². The van der Waals surface area contributed by atoms with E-state index in [0.29, 0.717) is 19.4 Å². The van der Waals surface area contributed by atoms with Crippen molar-refractivity contribution in [3.8, 4) is 16.9 Å². The van der Waals surface area contributed by atoms with Crippen molar-refractivity contribution in [3.05, 3.63) is 46.5 Å². The summed E-state index contributed by atoms with van der Waals surface area (Å²) in [5, 5.41) is 3.39. The molecular formula is C27H33N3O3S. The zero-order valence-corrected chi connectivity index (χ0v) is 21.3. The van der Waals surface area contributed by atoms with E-state index in [2.05, 4.69) is 36.3 Å². The fourth-order valence-corrected chi connectivity index (χ4v) is 5.75. The second kappa shape index (κ2) is 10.7. The van der Waals surface area contributed by atoms with Crippen molar-refractivity contribution in [2.24, 2.45) is 0 Å². The predicted octanol–water partition coefficient (Wildman–Crippen LogP) is 5.39. The smallest absolute Gasteiger partial charge is 0.230 e. The highest BCUT2D eigenvalue weighted by Gasteiger charge is 2.29. The Labute approximate surface area is 205 Å². The zero-order valence-electron chi connectivity index (χ0n) is 20.4. The van der Waals surface area contributed by atoms with Crippen molar-refractivity contribution in [1.29, 1.82) is 0 Å². The van der Waals surface area contributed by atoms with Crippen molar-refractivity contribution in [3.63, 3.8) is 0 Å². The van der Waals surface area contributed by atoms with Gasteiger partial charge < -0.3 is 10.1 Å². The molecule has 2 aromatic heterocycles. The molecule has 0 unspecified atom stereocenters. The molecule has 3 aromatic rings. The molecule has 1 aromatic carbocycles. The summed E-state index contributed by atoms with van der Waals surface area (Å²) in [6.45, 7) is 10.5. The van der Waals surface area contributed by atoms with Crippen molar-refractivity contribution >= 4 is 33.4 Å². The van der Waals surface area contributed by atoms with Gasteiger partial charge in [-0.1, -0.05) is 19.9 Å². The number of aromatic nitrogens is 1. The SMILES string of the molecule is CC.Cc1cc(C)c(OC2CCNCC2)c(-c2ccnc3cc(CN4C(=O)CCC4=O)sc23)c1. The molecule has 34 heavy (non-hydrogen) atoms. The first-order chi connectivity index (χ1) is 16.5. The Bertz CT molecular complexity index is 1180. The molecule has 5 rings (SSSR count). The van der Waals surface area contributed by atoms with Gasteiger partial charge in [0.1, 0.15) is 11.9 Å². The molecule has 2 saturated heterocycles. The average molecular weight is 480 g/mol. The molecule has 6 nitrogen and oxygen atoms in total. The normalized spacial score (nSPS) is 16.6. The van der Waals surface area contributed by atoms with Gasteiger partial charge in [0, 0.05) is 35.0 Å². The number of carbonyl (C=O) groups is 2. The lowest BCUT2D eigenvalue weighted by Gasteiger charge is -2.26. The first-order valence-corrected chi connectivity index (χ1v) is 13.0. The number of likely N-dealkylation sites (tertiary alicyclic amines) is 1. The van der Waals surface area contributed by atoms with Crippen LogP contribution in [0.3, 0.4) is 0 Å². The molecular weight excluding hydrogens is 446 g/mol. The van der Waals surface area contributed by atoms with Crippen molar-refractivity contribution in [2.45, 2.75) is 66.0 Å². The lowest BCUT2D eigenvalue weighted by atomic mass is 9.99. The van der Waals surface area contributed by atoms with Crippen LogP contribution in [-0.4, -0.2) is 40.9 Å². The zero-order chi connectivity index (χ0) is 24.2. The van der Waals surface area contributed by atoms with Gasteiger partial charge in [0.15, 0.2) is 0 Å². The molecule has 0 saturated carbocycles. The van der Waals surface area contributed by atoms with E-state index in [-0.39, 0.29) is 17.9 Å². The standard InChI is InChI=1S/C25H27N3O3S.C2H6/c1-15-11-16(2)24(31-17-5-8-26-9-6-17)20(12-15)19-7-10-27-21-13-18(32-25(19)21)14-28-22(29)3-4-23(28)30;1-2/h7,10-13,17,26H,3-6,8-9,14H2,1-2H3;1-2H3. The summed E-state index contributed by atoms with van der Waals surface area (Å²) in [6.07, 6.45) is 4.66. The number of benzene rings is 1. The van der Waals surface area contributed by atoms with Crippen LogP contribution in [0.4, 0.5) is 0 Å². The molecule has 180 valence electrons. The monoisotopic (exact) mass is 479 g/mol. The fraction of sp³-hybridized carbons (Fsp3) is 0.444. The highest BCUT2D eigenvalue weighted by Crippen LogP contribution is 2.41. The summed E-state index contributed by atoms with van der Waals surface area (Å²) in [4.78, 5) is 31.0. The van der Waals surface area contributed by atoms with Gasteiger partial charge in [0.2, 0.25) is 11.8 Å². The Morgan fingerprint density at radius 3 is 2.47 bits per heavy atom. The molecule has 2 aliphatic rings. The quantitative estimate of drug-likeness (QED) is 0.497. The van der Waals surface area contributed by atoms with Gasteiger partial charge in [0.05, 0.1) is 16.8 Å². The number of carbonyl (C=O) groups excluding carboxylic acids is 2. The number of piperidine rings is 1. The number of fused-ring (bicyclic) bond motifs is 1. The number of imide groups is 1. The van der Waals surface area contributed by atoms with Gasteiger partial charge in [-0.3, -0.25) is 19.5 Å². The number of nitrogens with one attached hydrogen (secondary N) is 1. The number of pyridine rings is 1. The third-order valence-corrected chi connectivity index (χ3v) is 7.35. The second-order valence-electron chi connectivity index (χ2n) is 8.68. The number of rotatable bonds is 5. The average Bonchev–Trinajstić information content (AvgIpc) is 3.40. The maximum absolute atomic E-state index is 12.1. The molecule has 0 bridgehead atoms. The summed E-state index contributed by atoms with van der Waals surface area (Å²) in [5.74, 6) is 0.759. The Kier molecular flexibility index (Phi) is 7.63. The van der Waals surface area contributed by atoms with Gasteiger partial charge in [-0.25, -0.2) is 0 Å². The van der Waals surface area contributed by atoms with E-state index in [1.165, 1.54) is 10.5 Å². The van der Waals surface area contributed by atoms with E-state index in [1.54, 1.807) is 11.3 Å². The van der Waals surface area contributed by atoms with Gasteiger partial charge in [0.25, 0.3) is 0 Å². The molecule has 0 spiro atoms. The maximum atomic E-state index is 12.1. The minimum absolute atomic E-state index is 0.0902. The van der Waals surface area contributed by atoms with Crippen LogP contribution in [0, 0.1) is 13.8 Å². The van der Waals surface area contributed by atoms with E-state index in [9.17, 15) is 9.59 Å². The second-order valence-corrected chi connectivity index (χ2v) is 9.82.